The van der Waals surface area contributed by atoms with E-state index in [-0.39, 0.29) is 0 Å². The molecule has 0 heterocycles. The predicted molar refractivity (Wildman–Crippen MR) is 121 cm³/mol. The van der Waals surface area contributed by atoms with Gasteiger partial charge >= 0.3 is 0 Å². The van der Waals surface area contributed by atoms with Crippen molar-refractivity contribution in [1.82, 2.24) is 5.32 Å². The van der Waals surface area contributed by atoms with Gasteiger partial charge in [0, 0.05) is 0 Å². The molecule has 0 rings (SSSR count). The van der Waals surface area contributed by atoms with Gasteiger partial charge in [0.1, 0.15) is 0 Å². The van der Waals surface area contributed by atoms with E-state index in [1.54, 1.807) is 0 Å². The molecule has 0 saturated heterocycles. The minimum atomic E-state index is 0.930. The topological polar surface area (TPSA) is 12.0 Å². The van der Waals surface area contributed by atoms with Crippen LogP contribution in [0.4, 0.5) is 0 Å². The fraction of sp³-hybridized carbons (Fsp3) is 1.00. The first-order chi connectivity index (χ1) is 12.8. The van der Waals surface area contributed by atoms with Gasteiger partial charge in [0.15, 0.2) is 0 Å². The van der Waals surface area contributed by atoms with E-state index >= 15 is 0 Å². The summed E-state index contributed by atoms with van der Waals surface area (Å²) in [6, 6.07) is 0. The zero-order chi connectivity index (χ0) is 19.1. The van der Waals surface area contributed by atoms with Gasteiger partial charge in [-0.2, -0.15) is 0 Å². The predicted octanol–water partition coefficient (Wildman–Crippen LogP) is 8.66. The summed E-state index contributed by atoms with van der Waals surface area (Å²) in [6.07, 6.45) is 27.2. The molecule has 0 saturated carbocycles. The minimum absolute atomic E-state index is 0.930. The lowest BCUT2D eigenvalue weighted by Crippen LogP contribution is -2.24. The first kappa shape index (κ1) is 26.0. The third-order valence-electron chi connectivity index (χ3n) is 5.82. The van der Waals surface area contributed by atoms with E-state index in [4.69, 9.17) is 0 Å². The summed E-state index contributed by atoms with van der Waals surface area (Å²) in [6.45, 7) is 9.45. The van der Waals surface area contributed by atoms with Crippen LogP contribution in [0.3, 0.4) is 0 Å². The molecular weight excluding hydrogens is 314 g/mol. The van der Waals surface area contributed by atoms with Crippen LogP contribution in [0, 0.1) is 5.92 Å². The Kier molecular flexibility index (Phi) is 23.0. The zero-order valence-corrected chi connectivity index (χ0v) is 18.9. The van der Waals surface area contributed by atoms with Crippen molar-refractivity contribution in [1.29, 1.82) is 0 Å². The van der Waals surface area contributed by atoms with Gasteiger partial charge in [-0.05, 0) is 38.3 Å². The molecule has 1 heteroatoms. The zero-order valence-electron chi connectivity index (χ0n) is 18.9. The van der Waals surface area contributed by atoms with Gasteiger partial charge in [0.05, 0.1) is 0 Å². The third kappa shape index (κ3) is 20.3. The van der Waals surface area contributed by atoms with Crippen molar-refractivity contribution in [2.45, 2.75) is 143 Å². The molecule has 0 bridgehead atoms. The lowest BCUT2D eigenvalue weighted by atomic mass is 9.94. The lowest BCUT2D eigenvalue weighted by molar-refractivity contribution is 0.385. The van der Waals surface area contributed by atoms with Gasteiger partial charge in [-0.1, -0.05) is 124 Å². The van der Waals surface area contributed by atoms with Crippen LogP contribution in [0.1, 0.15) is 143 Å². The molecule has 1 unspecified atom stereocenters. The van der Waals surface area contributed by atoms with Gasteiger partial charge in [-0.15, -0.1) is 0 Å². The molecule has 0 fully saturated rings. The summed E-state index contributed by atoms with van der Waals surface area (Å²) in [5.74, 6) is 0.930. The smallest absolute Gasteiger partial charge is 0.00205 e. The minimum Gasteiger partial charge on any atom is -0.316 e. The van der Waals surface area contributed by atoms with E-state index in [9.17, 15) is 0 Å². The van der Waals surface area contributed by atoms with Crippen LogP contribution in [-0.4, -0.2) is 13.1 Å². The SMILES string of the molecule is CCCCCCCCCCCC(CCCC)CNCCCCCCCC. The number of hydrogen-bond acceptors (Lipinski definition) is 1. The van der Waals surface area contributed by atoms with Gasteiger partial charge in [0.25, 0.3) is 0 Å². The highest BCUT2D eigenvalue weighted by molar-refractivity contribution is 4.64. The lowest BCUT2D eigenvalue weighted by Gasteiger charge is -2.17. The molecule has 1 N–H and O–H groups in total. The average molecular weight is 368 g/mol. The summed E-state index contributed by atoms with van der Waals surface area (Å²) < 4.78 is 0. The Morgan fingerprint density at radius 2 is 0.885 bits per heavy atom. The summed E-state index contributed by atoms with van der Waals surface area (Å²) in [5, 5.41) is 3.77. The molecule has 0 radical (unpaired) electrons. The maximum absolute atomic E-state index is 3.77. The maximum atomic E-state index is 3.77. The van der Waals surface area contributed by atoms with Crippen LogP contribution in [0.25, 0.3) is 0 Å². The molecule has 26 heavy (non-hydrogen) atoms. The van der Waals surface area contributed by atoms with Gasteiger partial charge < -0.3 is 5.32 Å². The Morgan fingerprint density at radius 1 is 0.462 bits per heavy atom. The normalized spacial score (nSPS) is 12.6. The number of rotatable bonds is 22. The Balaban J connectivity index is 3.53. The molecule has 0 aliphatic heterocycles. The van der Waals surface area contributed by atoms with Crippen molar-refractivity contribution in [3.05, 3.63) is 0 Å². The molecule has 158 valence electrons. The standard InChI is InChI=1S/C25H53N/c1-4-7-10-12-14-15-16-17-19-22-25(21-9-6-3)24-26-23-20-18-13-11-8-5-2/h25-26H,4-24H2,1-3H3. The second-order valence-electron chi connectivity index (χ2n) is 8.60. The molecule has 0 aromatic rings. The van der Waals surface area contributed by atoms with Crippen molar-refractivity contribution in [2.24, 2.45) is 5.92 Å². The molecule has 0 aromatic carbocycles. The first-order valence-corrected chi connectivity index (χ1v) is 12.6. The molecule has 0 aliphatic rings. The van der Waals surface area contributed by atoms with Crippen molar-refractivity contribution in [2.75, 3.05) is 13.1 Å². The molecule has 0 aromatic heterocycles. The Bertz CT molecular complexity index is 238. The van der Waals surface area contributed by atoms with E-state index in [0.717, 1.165) is 5.92 Å². The summed E-state index contributed by atoms with van der Waals surface area (Å²) in [5.41, 5.74) is 0. The molecule has 1 atom stereocenters. The fourth-order valence-electron chi connectivity index (χ4n) is 3.92. The Labute approximate surface area is 167 Å². The van der Waals surface area contributed by atoms with Crippen LogP contribution in [0.5, 0.6) is 0 Å². The maximum Gasteiger partial charge on any atom is -0.00205 e. The van der Waals surface area contributed by atoms with E-state index < -0.39 is 0 Å². The third-order valence-corrected chi connectivity index (χ3v) is 5.82. The Morgan fingerprint density at radius 3 is 1.42 bits per heavy atom. The molecule has 0 spiro atoms. The van der Waals surface area contributed by atoms with Gasteiger partial charge in [-0.3, -0.25) is 0 Å². The van der Waals surface area contributed by atoms with Crippen LogP contribution >= 0.6 is 0 Å². The summed E-state index contributed by atoms with van der Waals surface area (Å²) in [4.78, 5) is 0. The largest absolute Gasteiger partial charge is 0.316 e. The number of unbranched alkanes of at least 4 members (excludes halogenated alkanes) is 14. The molecule has 0 amide bonds. The fourth-order valence-corrected chi connectivity index (χ4v) is 3.92. The second-order valence-corrected chi connectivity index (χ2v) is 8.60. The number of nitrogens with one attached hydrogen (secondary N) is 1. The highest BCUT2D eigenvalue weighted by Gasteiger charge is 2.07. The van der Waals surface area contributed by atoms with E-state index in [2.05, 4.69) is 26.1 Å². The van der Waals surface area contributed by atoms with Crippen molar-refractivity contribution >= 4 is 0 Å². The van der Waals surface area contributed by atoms with E-state index in [1.165, 1.54) is 135 Å². The van der Waals surface area contributed by atoms with Crippen LogP contribution < -0.4 is 5.32 Å². The monoisotopic (exact) mass is 367 g/mol. The highest BCUT2D eigenvalue weighted by Crippen LogP contribution is 2.18. The van der Waals surface area contributed by atoms with E-state index in [0.29, 0.717) is 0 Å². The van der Waals surface area contributed by atoms with Crippen molar-refractivity contribution < 1.29 is 0 Å². The second kappa shape index (κ2) is 23.0. The summed E-state index contributed by atoms with van der Waals surface area (Å²) in [7, 11) is 0. The van der Waals surface area contributed by atoms with Crippen molar-refractivity contribution in [3.63, 3.8) is 0 Å². The van der Waals surface area contributed by atoms with Crippen LogP contribution in [0.2, 0.25) is 0 Å². The molecule has 1 nitrogen and oxygen atoms in total. The molecule has 0 aliphatic carbocycles. The number of hydrogen-bond donors (Lipinski definition) is 1. The van der Waals surface area contributed by atoms with Crippen LogP contribution in [0.15, 0.2) is 0 Å². The first-order valence-electron chi connectivity index (χ1n) is 12.6. The quantitative estimate of drug-likeness (QED) is 0.189. The van der Waals surface area contributed by atoms with Crippen molar-refractivity contribution in [3.8, 4) is 0 Å². The van der Waals surface area contributed by atoms with Gasteiger partial charge in [-0.25, -0.2) is 0 Å². The molecular formula is C25H53N. The summed E-state index contributed by atoms with van der Waals surface area (Å²) >= 11 is 0. The van der Waals surface area contributed by atoms with E-state index in [1.807, 2.05) is 0 Å². The Hall–Kier alpha value is -0.0400. The average Bonchev–Trinajstić information content (AvgIpc) is 2.66. The van der Waals surface area contributed by atoms with Gasteiger partial charge in [0.2, 0.25) is 0 Å². The van der Waals surface area contributed by atoms with Crippen LogP contribution in [-0.2, 0) is 0 Å². The highest BCUT2D eigenvalue weighted by atomic mass is 14.8.